The Labute approximate surface area is 157 Å². The molecule has 0 unspecified atom stereocenters. The van der Waals surface area contributed by atoms with E-state index in [2.05, 4.69) is 0 Å². The van der Waals surface area contributed by atoms with Crippen molar-refractivity contribution in [2.45, 2.75) is 5.75 Å². The highest BCUT2D eigenvalue weighted by Crippen LogP contribution is 2.24. The van der Waals surface area contributed by atoms with Gasteiger partial charge in [0.1, 0.15) is 11.5 Å². The molecule has 144 valence electrons. The summed E-state index contributed by atoms with van der Waals surface area (Å²) in [5.41, 5.74) is 1.03. The van der Waals surface area contributed by atoms with E-state index in [1.54, 1.807) is 12.1 Å². The van der Waals surface area contributed by atoms with Crippen LogP contribution in [0.2, 0.25) is 0 Å². The SMILES string of the molecule is COc1ccc(OC)c(C(=O)COC(=O)c2ccc(CS(C)(=O)=O)cc2)c1. The minimum Gasteiger partial charge on any atom is -0.497 e. The molecule has 0 spiro atoms. The van der Waals surface area contributed by atoms with Gasteiger partial charge < -0.3 is 14.2 Å². The zero-order valence-corrected chi connectivity index (χ0v) is 16.0. The van der Waals surface area contributed by atoms with Crippen LogP contribution in [0.3, 0.4) is 0 Å². The number of Topliss-reactive ketones (excluding diaryl/α,β-unsaturated/α-hetero) is 1. The Balaban J connectivity index is 2.04. The molecular weight excluding hydrogens is 372 g/mol. The van der Waals surface area contributed by atoms with Gasteiger partial charge in [-0.2, -0.15) is 0 Å². The molecule has 2 aromatic rings. The fraction of sp³-hybridized carbons (Fsp3) is 0.263. The number of hydrogen-bond acceptors (Lipinski definition) is 7. The lowest BCUT2D eigenvalue weighted by molar-refractivity contribution is 0.0474. The van der Waals surface area contributed by atoms with Crippen molar-refractivity contribution in [3.05, 3.63) is 59.2 Å². The summed E-state index contributed by atoms with van der Waals surface area (Å²) >= 11 is 0. The predicted octanol–water partition coefficient (Wildman–Crippen LogP) is 2.29. The first-order chi connectivity index (χ1) is 12.7. The molecule has 2 rings (SSSR count). The van der Waals surface area contributed by atoms with E-state index in [9.17, 15) is 18.0 Å². The molecule has 7 nitrogen and oxygen atoms in total. The molecule has 0 aliphatic heterocycles. The van der Waals surface area contributed by atoms with Gasteiger partial charge in [-0.05, 0) is 35.9 Å². The summed E-state index contributed by atoms with van der Waals surface area (Å²) in [5, 5.41) is 0. The predicted molar refractivity (Wildman–Crippen MR) is 99.1 cm³/mol. The van der Waals surface area contributed by atoms with Crippen molar-refractivity contribution in [3.8, 4) is 11.5 Å². The Kier molecular flexibility index (Phi) is 6.57. The van der Waals surface area contributed by atoms with E-state index in [4.69, 9.17) is 14.2 Å². The summed E-state index contributed by atoms with van der Waals surface area (Å²) in [6.07, 6.45) is 1.13. The molecule has 8 heteroatoms. The molecule has 0 aromatic heterocycles. The maximum absolute atomic E-state index is 12.4. The normalized spacial score (nSPS) is 10.9. The number of carbonyl (C=O) groups excluding carboxylic acids is 2. The van der Waals surface area contributed by atoms with E-state index in [1.165, 1.54) is 44.6 Å². The second kappa shape index (κ2) is 8.68. The fourth-order valence-corrected chi connectivity index (χ4v) is 3.16. The van der Waals surface area contributed by atoms with Crippen LogP contribution in [0.25, 0.3) is 0 Å². The van der Waals surface area contributed by atoms with Gasteiger partial charge in [0.05, 0.1) is 31.1 Å². The van der Waals surface area contributed by atoms with Crippen molar-refractivity contribution in [2.24, 2.45) is 0 Å². The maximum Gasteiger partial charge on any atom is 0.338 e. The molecule has 0 saturated carbocycles. The van der Waals surface area contributed by atoms with Crippen molar-refractivity contribution in [3.63, 3.8) is 0 Å². The molecule has 0 aliphatic carbocycles. The molecule has 0 aliphatic rings. The standard InChI is InChI=1S/C19H20O7S/c1-24-15-8-9-18(25-2)16(10-15)17(20)11-26-19(21)14-6-4-13(5-7-14)12-27(3,22)23/h4-10H,11-12H2,1-3H3. The Morgan fingerprint density at radius 2 is 1.63 bits per heavy atom. The molecule has 0 heterocycles. The number of esters is 1. The van der Waals surface area contributed by atoms with Gasteiger partial charge in [0, 0.05) is 6.26 Å². The molecule has 0 saturated heterocycles. The minimum absolute atomic E-state index is 0.115. The largest absolute Gasteiger partial charge is 0.497 e. The third-order valence-electron chi connectivity index (χ3n) is 3.66. The maximum atomic E-state index is 12.4. The molecule has 0 N–H and O–H groups in total. The van der Waals surface area contributed by atoms with Crippen molar-refractivity contribution in [1.29, 1.82) is 0 Å². The molecular formula is C19H20O7S. The summed E-state index contributed by atoms with van der Waals surface area (Å²) in [6, 6.07) is 10.7. The van der Waals surface area contributed by atoms with Crippen LogP contribution in [-0.2, 0) is 20.3 Å². The number of rotatable bonds is 8. The van der Waals surface area contributed by atoms with Crippen LogP contribution in [0.4, 0.5) is 0 Å². The van der Waals surface area contributed by atoms with Crippen LogP contribution in [-0.4, -0.2) is 47.3 Å². The van der Waals surface area contributed by atoms with E-state index >= 15 is 0 Å². The van der Waals surface area contributed by atoms with Gasteiger partial charge >= 0.3 is 5.97 Å². The monoisotopic (exact) mass is 392 g/mol. The van der Waals surface area contributed by atoms with Crippen LogP contribution >= 0.6 is 0 Å². The molecule has 27 heavy (non-hydrogen) atoms. The third-order valence-corrected chi connectivity index (χ3v) is 4.52. The third kappa shape index (κ3) is 5.82. The average molecular weight is 392 g/mol. The highest BCUT2D eigenvalue weighted by atomic mass is 32.2. The highest BCUT2D eigenvalue weighted by Gasteiger charge is 2.17. The minimum atomic E-state index is -3.16. The molecule has 0 atom stereocenters. The van der Waals surface area contributed by atoms with Crippen LogP contribution < -0.4 is 9.47 Å². The fourth-order valence-electron chi connectivity index (χ4n) is 2.36. The molecule has 0 fully saturated rings. The lowest BCUT2D eigenvalue weighted by atomic mass is 10.1. The van der Waals surface area contributed by atoms with Gasteiger partial charge in [0.25, 0.3) is 0 Å². The van der Waals surface area contributed by atoms with E-state index in [0.29, 0.717) is 17.1 Å². The zero-order chi connectivity index (χ0) is 20.0. The van der Waals surface area contributed by atoms with Gasteiger partial charge in [-0.1, -0.05) is 12.1 Å². The van der Waals surface area contributed by atoms with Gasteiger partial charge in [0.2, 0.25) is 5.78 Å². The van der Waals surface area contributed by atoms with Crippen LogP contribution in [0.5, 0.6) is 11.5 Å². The quantitative estimate of drug-likeness (QED) is 0.502. The number of sulfone groups is 1. The van der Waals surface area contributed by atoms with Gasteiger partial charge in [0.15, 0.2) is 16.4 Å². The van der Waals surface area contributed by atoms with Gasteiger partial charge in [-0.3, -0.25) is 4.79 Å². The number of methoxy groups -OCH3 is 2. The molecule has 2 aromatic carbocycles. The van der Waals surface area contributed by atoms with Crippen LogP contribution in [0.15, 0.2) is 42.5 Å². The average Bonchev–Trinajstić information content (AvgIpc) is 2.64. The first-order valence-corrected chi connectivity index (χ1v) is 9.98. The number of benzene rings is 2. The highest BCUT2D eigenvalue weighted by molar-refractivity contribution is 7.89. The smallest absolute Gasteiger partial charge is 0.338 e. The van der Waals surface area contributed by atoms with Crippen molar-refractivity contribution in [2.75, 3.05) is 27.1 Å². The van der Waals surface area contributed by atoms with E-state index in [0.717, 1.165) is 6.26 Å². The van der Waals surface area contributed by atoms with Gasteiger partial charge in [-0.25, -0.2) is 13.2 Å². The molecule has 0 bridgehead atoms. The lowest BCUT2D eigenvalue weighted by Crippen LogP contribution is -2.15. The number of hydrogen-bond donors (Lipinski definition) is 0. The summed E-state index contributed by atoms with van der Waals surface area (Å²) in [7, 11) is -0.249. The van der Waals surface area contributed by atoms with Crippen molar-refractivity contribution < 1.29 is 32.2 Å². The zero-order valence-electron chi connectivity index (χ0n) is 15.2. The number of ketones is 1. The first kappa shape index (κ1) is 20.4. The van der Waals surface area contributed by atoms with E-state index in [-0.39, 0.29) is 16.9 Å². The Morgan fingerprint density at radius 1 is 0.963 bits per heavy atom. The second-order valence-electron chi connectivity index (χ2n) is 5.83. The summed E-state index contributed by atoms with van der Waals surface area (Å²) in [5.74, 6) is -0.408. The Bertz CT molecular complexity index is 931. The molecule has 0 amide bonds. The van der Waals surface area contributed by atoms with E-state index in [1.807, 2.05) is 0 Å². The number of carbonyl (C=O) groups is 2. The first-order valence-electron chi connectivity index (χ1n) is 7.92. The van der Waals surface area contributed by atoms with Crippen LogP contribution in [0, 0.1) is 0 Å². The Hall–Kier alpha value is -2.87. The summed E-state index contributed by atoms with van der Waals surface area (Å²) < 4.78 is 37.8. The Morgan fingerprint density at radius 3 is 2.19 bits per heavy atom. The van der Waals surface area contributed by atoms with Crippen LogP contribution in [0.1, 0.15) is 26.3 Å². The van der Waals surface area contributed by atoms with E-state index < -0.39 is 28.2 Å². The summed E-state index contributed by atoms with van der Waals surface area (Å²) in [6.45, 7) is -0.465. The number of ether oxygens (including phenoxy) is 3. The summed E-state index contributed by atoms with van der Waals surface area (Å²) in [4.78, 5) is 24.5. The van der Waals surface area contributed by atoms with Crippen molar-refractivity contribution in [1.82, 2.24) is 0 Å². The van der Waals surface area contributed by atoms with Gasteiger partial charge in [-0.15, -0.1) is 0 Å². The van der Waals surface area contributed by atoms with Crippen molar-refractivity contribution >= 4 is 21.6 Å². The second-order valence-corrected chi connectivity index (χ2v) is 7.97. The lowest BCUT2D eigenvalue weighted by Gasteiger charge is -2.10. The molecule has 0 radical (unpaired) electrons. The topological polar surface area (TPSA) is 96.0 Å².